The van der Waals surface area contributed by atoms with E-state index in [1.165, 1.54) is 0 Å². The van der Waals surface area contributed by atoms with Gasteiger partial charge in [-0.2, -0.15) is 0 Å². The third-order valence-electron chi connectivity index (χ3n) is 4.44. The molecular weight excluding hydrogens is 401 g/mol. The molecule has 3 aromatic rings. The summed E-state index contributed by atoms with van der Waals surface area (Å²) in [4.78, 5) is 35.6. The molecule has 1 aliphatic rings. The predicted molar refractivity (Wildman–Crippen MR) is 110 cm³/mol. The molecule has 0 bridgehead atoms. The second kappa shape index (κ2) is 8.99. The number of ether oxygens (including phenoxy) is 1. The summed E-state index contributed by atoms with van der Waals surface area (Å²) in [6.07, 6.45) is 4.66. The van der Waals surface area contributed by atoms with E-state index in [1.54, 1.807) is 19.3 Å². The molecule has 4 rings (SSSR count). The Morgan fingerprint density at radius 3 is 2.57 bits per heavy atom. The molecule has 0 fully saturated rings. The van der Waals surface area contributed by atoms with E-state index >= 15 is 0 Å². The Morgan fingerprint density at radius 1 is 1.11 bits per heavy atom. The molecule has 0 spiro atoms. The number of ketones is 1. The molecule has 2 aromatic heterocycles. The van der Waals surface area contributed by atoms with Gasteiger partial charge in [0, 0.05) is 35.5 Å². The van der Waals surface area contributed by atoms with E-state index in [1.807, 2.05) is 30.3 Å². The van der Waals surface area contributed by atoms with Crippen molar-refractivity contribution in [1.29, 1.82) is 0 Å². The third kappa shape index (κ3) is 3.93. The number of esters is 1. The largest absolute Gasteiger partial charge is 0.460 e. The Hall–Kier alpha value is -2.70. The first kappa shape index (κ1) is 21.6. The van der Waals surface area contributed by atoms with Crippen molar-refractivity contribution >= 4 is 36.6 Å². The average molecular weight is 420 g/mol. The Labute approximate surface area is 174 Å². The van der Waals surface area contributed by atoms with Gasteiger partial charge in [0.15, 0.2) is 5.78 Å². The van der Waals surface area contributed by atoms with Gasteiger partial charge in [0.2, 0.25) is 5.82 Å². The molecule has 28 heavy (non-hydrogen) atoms. The Balaban J connectivity index is 0.00000140. The first-order valence-corrected chi connectivity index (χ1v) is 8.51. The first-order chi connectivity index (χ1) is 12.7. The number of Topliss-reactive ketones (excluding diaryl/α,β-unsaturated/α-hetero) is 1. The SMILES string of the molecule is CCOC(=O)c1nc(-c2ccc3c(c2)CCC3=O)c(-c2ccncc2)[nH]1.Cl.Cl. The summed E-state index contributed by atoms with van der Waals surface area (Å²) in [6, 6.07) is 9.40. The van der Waals surface area contributed by atoms with E-state index in [0.717, 1.165) is 34.4 Å². The smallest absolute Gasteiger partial charge is 0.374 e. The third-order valence-corrected chi connectivity index (χ3v) is 4.44. The van der Waals surface area contributed by atoms with Crippen LogP contribution in [0, 0.1) is 0 Å². The molecule has 0 amide bonds. The quantitative estimate of drug-likeness (QED) is 0.637. The van der Waals surface area contributed by atoms with Crippen LogP contribution in [0.15, 0.2) is 42.7 Å². The molecule has 0 saturated heterocycles. The lowest BCUT2D eigenvalue weighted by atomic mass is 10.0. The minimum Gasteiger partial charge on any atom is -0.460 e. The van der Waals surface area contributed by atoms with Crippen LogP contribution >= 0.6 is 24.8 Å². The maximum Gasteiger partial charge on any atom is 0.374 e. The summed E-state index contributed by atoms with van der Waals surface area (Å²) in [5.41, 5.74) is 4.90. The average Bonchev–Trinajstić information content (AvgIpc) is 3.27. The standard InChI is InChI=1S/C20H17N3O3.2ClH/c1-2-26-20(25)19-22-17(12-7-9-21-10-8-12)18(23-19)14-3-5-15-13(11-14)4-6-16(15)24;;/h3,5,7-11H,2,4,6H2,1H3,(H,22,23);2*1H. The number of halogens is 2. The van der Waals surface area contributed by atoms with Crippen molar-refractivity contribution in [3.63, 3.8) is 0 Å². The molecular formula is C20H19Cl2N3O3. The van der Waals surface area contributed by atoms with Crippen LogP contribution in [0.1, 0.15) is 39.9 Å². The van der Waals surface area contributed by atoms with E-state index in [0.29, 0.717) is 12.1 Å². The van der Waals surface area contributed by atoms with Crippen LogP contribution in [0.3, 0.4) is 0 Å². The molecule has 0 unspecified atom stereocenters. The Kier molecular flexibility index (Phi) is 6.94. The van der Waals surface area contributed by atoms with Crippen molar-refractivity contribution in [2.24, 2.45) is 0 Å². The van der Waals surface area contributed by atoms with Gasteiger partial charge in [-0.3, -0.25) is 9.78 Å². The summed E-state index contributed by atoms with van der Waals surface area (Å²) in [5, 5.41) is 0. The normalized spacial score (nSPS) is 12.0. The van der Waals surface area contributed by atoms with Crippen molar-refractivity contribution < 1.29 is 14.3 Å². The topological polar surface area (TPSA) is 84.9 Å². The van der Waals surface area contributed by atoms with Gasteiger partial charge in [-0.15, -0.1) is 24.8 Å². The zero-order valence-corrected chi connectivity index (χ0v) is 16.7. The van der Waals surface area contributed by atoms with Gasteiger partial charge in [0.25, 0.3) is 0 Å². The number of hydrogen-bond acceptors (Lipinski definition) is 5. The minimum absolute atomic E-state index is 0. The summed E-state index contributed by atoms with van der Waals surface area (Å²) >= 11 is 0. The number of aromatic nitrogens is 3. The zero-order valence-electron chi connectivity index (χ0n) is 15.1. The van der Waals surface area contributed by atoms with Crippen LogP contribution in [0.2, 0.25) is 0 Å². The molecule has 0 radical (unpaired) electrons. The molecule has 2 heterocycles. The summed E-state index contributed by atoms with van der Waals surface area (Å²) in [5.74, 6) is -0.161. The number of fused-ring (bicyclic) bond motifs is 1. The van der Waals surface area contributed by atoms with Gasteiger partial charge in [-0.25, -0.2) is 9.78 Å². The number of nitrogens with zero attached hydrogens (tertiary/aromatic N) is 2. The number of aromatic amines is 1. The van der Waals surface area contributed by atoms with Gasteiger partial charge in [0.05, 0.1) is 18.0 Å². The molecule has 0 aliphatic heterocycles. The number of imidazole rings is 1. The highest BCUT2D eigenvalue weighted by Crippen LogP contribution is 2.33. The van der Waals surface area contributed by atoms with Gasteiger partial charge in [-0.05, 0) is 37.1 Å². The Morgan fingerprint density at radius 2 is 1.86 bits per heavy atom. The van der Waals surface area contributed by atoms with Gasteiger partial charge in [0.1, 0.15) is 0 Å². The van der Waals surface area contributed by atoms with Crippen molar-refractivity contribution in [1.82, 2.24) is 15.0 Å². The number of nitrogens with one attached hydrogen (secondary N) is 1. The van der Waals surface area contributed by atoms with Crippen LogP contribution in [0.5, 0.6) is 0 Å². The lowest BCUT2D eigenvalue weighted by Gasteiger charge is -2.05. The molecule has 1 aromatic carbocycles. The van der Waals surface area contributed by atoms with Crippen molar-refractivity contribution in [2.75, 3.05) is 6.61 Å². The Bertz CT molecular complexity index is 1000. The summed E-state index contributed by atoms with van der Waals surface area (Å²) in [6.45, 7) is 2.03. The van der Waals surface area contributed by atoms with E-state index in [4.69, 9.17) is 4.74 Å². The molecule has 1 N–H and O–H groups in total. The zero-order chi connectivity index (χ0) is 18.1. The second-order valence-corrected chi connectivity index (χ2v) is 6.06. The van der Waals surface area contributed by atoms with Crippen molar-refractivity contribution in [2.45, 2.75) is 19.8 Å². The number of pyridine rings is 1. The minimum atomic E-state index is -0.495. The van der Waals surface area contributed by atoms with E-state index in [2.05, 4.69) is 15.0 Å². The number of H-pyrrole nitrogens is 1. The molecule has 0 saturated carbocycles. The lowest BCUT2D eigenvalue weighted by Crippen LogP contribution is -2.06. The fraction of sp³-hybridized carbons (Fsp3) is 0.200. The number of aryl methyl sites for hydroxylation is 1. The van der Waals surface area contributed by atoms with E-state index in [9.17, 15) is 9.59 Å². The van der Waals surface area contributed by atoms with Crippen LogP contribution in [0.4, 0.5) is 0 Å². The van der Waals surface area contributed by atoms with Crippen LogP contribution in [-0.2, 0) is 11.2 Å². The van der Waals surface area contributed by atoms with Crippen LogP contribution in [-0.4, -0.2) is 33.3 Å². The van der Waals surface area contributed by atoms with Crippen LogP contribution < -0.4 is 0 Å². The molecule has 6 nitrogen and oxygen atoms in total. The van der Waals surface area contributed by atoms with Crippen molar-refractivity contribution in [3.05, 3.63) is 59.7 Å². The van der Waals surface area contributed by atoms with Gasteiger partial charge < -0.3 is 9.72 Å². The monoisotopic (exact) mass is 419 g/mol. The molecule has 146 valence electrons. The fourth-order valence-corrected chi connectivity index (χ4v) is 3.21. The number of carbonyl (C=O) groups excluding carboxylic acids is 2. The number of rotatable bonds is 4. The van der Waals surface area contributed by atoms with Crippen LogP contribution in [0.25, 0.3) is 22.5 Å². The lowest BCUT2D eigenvalue weighted by molar-refractivity contribution is 0.0513. The highest BCUT2D eigenvalue weighted by atomic mass is 35.5. The van der Waals surface area contributed by atoms with E-state index < -0.39 is 5.97 Å². The summed E-state index contributed by atoms with van der Waals surface area (Å²) in [7, 11) is 0. The van der Waals surface area contributed by atoms with Gasteiger partial charge >= 0.3 is 5.97 Å². The maximum absolute atomic E-state index is 12.1. The molecule has 0 atom stereocenters. The number of benzene rings is 1. The highest BCUT2D eigenvalue weighted by molar-refractivity contribution is 6.01. The number of hydrogen-bond donors (Lipinski definition) is 1. The summed E-state index contributed by atoms with van der Waals surface area (Å²) < 4.78 is 5.07. The number of carbonyl (C=O) groups is 2. The molecule has 8 heteroatoms. The fourth-order valence-electron chi connectivity index (χ4n) is 3.21. The molecule has 1 aliphatic carbocycles. The van der Waals surface area contributed by atoms with Crippen molar-refractivity contribution in [3.8, 4) is 22.5 Å². The first-order valence-electron chi connectivity index (χ1n) is 8.51. The predicted octanol–water partition coefficient (Wildman–Crippen LogP) is 4.29. The maximum atomic E-state index is 12.1. The van der Waals surface area contributed by atoms with Gasteiger partial charge in [-0.1, -0.05) is 12.1 Å². The second-order valence-electron chi connectivity index (χ2n) is 6.06. The highest BCUT2D eigenvalue weighted by Gasteiger charge is 2.23. The van der Waals surface area contributed by atoms with E-state index in [-0.39, 0.29) is 43.0 Å².